The van der Waals surface area contributed by atoms with Gasteiger partial charge in [0.25, 0.3) is 0 Å². The molecule has 0 radical (unpaired) electrons. The largest absolute Gasteiger partial charge is 0.376 e. The fraction of sp³-hybridized carbons (Fsp3) is 0.640. The number of benzene rings is 1. The van der Waals surface area contributed by atoms with Crippen LogP contribution in [0, 0.1) is 13.8 Å². The Hall–Kier alpha value is -1.73. The summed E-state index contributed by atoms with van der Waals surface area (Å²) in [7, 11) is 2.03. The maximum atomic E-state index is 6.32. The summed E-state index contributed by atoms with van der Waals surface area (Å²) in [6.07, 6.45) is 4.43. The van der Waals surface area contributed by atoms with Crippen molar-refractivity contribution >= 4 is 0 Å². The zero-order valence-corrected chi connectivity index (χ0v) is 19.3. The van der Waals surface area contributed by atoms with Gasteiger partial charge in [-0.2, -0.15) is 5.10 Å². The van der Waals surface area contributed by atoms with Gasteiger partial charge in [0, 0.05) is 51.0 Å². The minimum Gasteiger partial charge on any atom is -0.376 e. The molecule has 1 spiro atoms. The SMILES string of the molecule is Cc1nn(C)c(C)c1CN1CCC2(CC1)CC(OCCOCc1ccccc1)CCO2. The summed E-state index contributed by atoms with van der Waals surface area (Å²) in [5.74, 6) is 0. The van der Waals surface area contributed by atoms with Crippen molar-refractivity contribution in [1.29, 1.82) is 0 Å². The maximum absolute atomic E-state index is 6.32. The summed E-state index contributed by atoms with van der Waals surface area (Å²) in [6.45, 7) is 10.1. The van der Waals surface area contributed by atoms with Gasteiger partial charge >= 0.3 is 0 Å². The third-order valence-electron chi connectivity index (χ3n) is 6.95. The highest BCUT2D eigenvalue weighted by molar-refractivity contribution is 5.24. The van der Waals surface area contributed by atoms with Crippen LogP contribution in [-0.2, 0) is 34.4 Å². The Morgan fingerprint density at radius 3 is 2.61 bits per heavy atom. The van der Waals surface area contributed by atoms with Crippen LogP contribution in [0.25, 0.3) is 0 Å². The summed E-state index contributed by atoms with van der Waals surface area (Å²) in [6, 6.07) is 10.3. The van der Waals surface area contributed by atoms with Crippen molar-refractivity contribution in [2.45, 2.75) is 64.4 Å². The molecule has 2 saturated heterocycles. The Balaban J connectivity index is 1.19. The van der Waals surface area contributed by atoms with Crippen LogP contribution in [0.1, 0.15) is 48.2 Å². The number of aryl methyl sites for hydroxylation is 2. The number of rotatable bonds is 8. The number of nitrogens with zero attached hydrogens (tertiary/aromatic N) is 3. The molecule has 2 aromatic rings. The lowest BCUT2D eigenvalue weighted by Gasteiger charge is -2.46. The molecule has 2 aliphatic heterocycles. The average molecular weight is 428 g/mol. The van der Waals surface area contributed by atoms with Gasteiger partial charge in [-0.1, -0.05) is 30.3 Å². The summed E-state index contributed by atoms with van der Waals surface area (Å²) in [4.78, 5) is 2.55. The minimum absolute atomic E-state index is 0.0106. The molecule has 6 nitrogen and oxygen atoms in total. The van der Waals surface area contributed by atoms with Crippen LogP contribution in [0.3, 0.4) is 0 Å². The minimum atomic E-state index is -0.0106. The van der Waals surface area contributed by atoms with E-state index < -0.39 is 0 Å². The van der Waals surface area contributed by atoms with Crippen LogP contribution in [-0.4, -0.2) is 59.3 Å². The lowest BCUT2D eigenvalue weighted by molar-refractivity contribution is -0.158. The molecule has 0 N–H and O–H groups in total. The highest BCUT2D eigenvalue weighted by atomic mass is 16.5. The number of aromatic nitrogens is 2. The summed E-state index contributed by atoms with van der Waals surface area (Å²) in [5.41, 5.74) is 4.99. The van der Waals surface area contributed by atoms with E-state index in [2.05, 4.69) is 36.0 Å². The third kappa shape index (κ3) is 5.75. The first-order chi connectivity index (χ1) is 15.0. The summed E-state index contributed by atoms with van der Waals surface area (Å²) in [5, 5.41) is 4.57. The van der Waals surface area contributed by atoms with Crippen LogP contribution in [0.4, 0.5) is 0 Å². The first kappa shape index (κ1) is 22.5. The lowest BCUT2D eigenvalue weighted by atomic mass is 9.83. The molecule has 1 atom stereocenters. The molecule has 2 aliphatic rings. The molecule has 0 saturated carbocycles. The second-order valence-electron chi connectivity index (χ2n) is 9.10. The normalized spacial score (nSPS) is 21.6. The molecule has 0 bridgehead atoms. The molecular weight excluding hydrogens is 390 g/mol. The van der Waals surface area contributed by atoms with Crippen molar-refractivity contribution in [2.24, 2.45) is 7.05 Å². The Kier molecular flexibility index (Phi) is 7.43. The zero-order chi connectivity index (χ0) is 21.7. The molecule has 3 heterocycles. The zero-order valence-electron chi connectivity index (χ0n) is 19.3. The van der Waals surface area contributed by atoms with Crippen molar-refractivity contribution in [3.63, 3.8) is 0 Å². The topological polar surface area (TPSA) is 48.8 Å². The van der Waals surface area contributed by atoms with E-state index >= 15 is 0 Å². The van der Waals surface area contributed by atoms with Gasteiger partial charge in [-0.3, -0.25) is 9.58 Å². The molecule has 0 amide bonds. The van der Waals surface area contributed by atoms with E-state index in [1.165, 1.54) is 16.8 Å². The number of likely N-dealkylation sites (tertiary alicyclic amines) is 1. The van der Waals surface area contributed by atoms with Crippen LogP contribution >= 0.6 is 0 Å². The Morgan fingerprint density at radius 1 is 1.13 bits per heavy atom. The van der Waals surface area contributed by atoms with Gasteiger partial charge in [0.2, 0.25) is 0 Å². The molecule has 0 aliphatic carbocycles. The molecule has 1 aromatic carbocycles. The molecule has 4 rings (SSSR count). The van der Waals surface area contributed by atoms with E-state index in [0.29, 0.717) is 19.8 Å². The number of piperidine rings is 1. The Labute approximate surface area is 186 Å². The van der Waals surface area contributed by atoms with E-state index in [0.717, 1.165) is 57.6 Å². The van der Waals surface area contributed by atoms with Gasteiger partial charge in [0.1, 0.15) is 0 Å². The van der Waals surface area contributed by atoms with Gasteiger partial charge in [-0.15, -0.1) is 0 Å². The van der Waals surface area contributed by atoms with Gasteiger partial charge in [-0.25, -0.2) is 0 Å². The van der Waals surface area contributed by atoms with Gasteiger partial charge in [0.15, 0.2) is 0 Å². The lowest BCUT2D eigenvalue weighted by Crippen LogP contribution is -2.50. The molecule has 2 fully saturated rings. The van der Waals surface area contributed by atoms with Crippen LogP contribution in [0.5, 0.6) is 0 Å². The number of hydrogen-bond donors (Lipinski definition) is 0. The van der Waals surface area contributed by atoms with Crippen molar-refractivity contribution in [3.05, 3.63) is 52.8 Å². The van der Waals surface area contributed by atoms with E-state index in [4.69, 9.17) is 14.2 Å². The monoisotopic (exact) mass is 427 g/mol. The van der Waals surface area contributed by atoms with Gasteiger partial charge in [0.05, 0.1) is 37.2 Å². The van der Waals surface area contributed by atoms with Gasteiger partial charge < -0.3 is 14.2 Å². The van der Waals surface area contributed by atoms with Crippen molar-refractivity contribution in [3.8, 4) is 0 Å². The smallest absolute Gasteiger partial charge is 0.0731 e. The molecule has 6 heteroatoms. The molecular formula is C25H37N3O3. The van der Waals surface area contributed by atoms with Crippen molar-refractivity contribution in [2.75, 3.05) is 32.9 Å². The first-order valence-corrected chi connectivity index (χ1v) is 11.6. The molecule has 170 valence electrons. The van der Waals surface area contributed by atoms with Crippen molar-refractivity contribution in [1.82, 2.24) is 14.7 Å². The average Bonchev–Trinajstić information content (AvgIpc) is 3.02. The van der Waals surface area contributed by atoms with Crippen molar-refractivity contribution < 1.29 is 14.2 Å². The highest BCUT2D eigenvalue weighted by Crippen LogP contribution is 2.36. The van der Waals surface area contributed by atoms with E-state index in [9.17, 15) is 0 Å². The van der Waals surface area contributed by atoms with E-state index in [-0.39, 0.29) is 11.7 Å². The number of hydrogen-bond acceptors (Lipinski definition) is 5. The van der Waals surface area contributed by atoms with Crippen LogP contribution in [0.2, 0.25) is 0 Å². The Bertz CT molecular complexity index is 828. The second kappa shape index (κ2) is 10.3. The van der Waals surface area contributed by atoms with E-state index in [1.54, 1.807) is 0 Å². The fourth-order valence-electron chi connectivity index (χ4n) is 4.90. The summed E-state index contributed by atoms with van der Waals surface area (Å²) < 4.78 is 20.3. The van der Waals surface area contributed by atoms with E-state index in [1.807, 2.05) is 29.9 Å². The predicted molar refractivity (Wildman–Crippen MR) is 121 cm³/mol. The molecule has 1 unspecified atom stereocenters. The van der Waals surface area contributed by atoms with Gasteiger partial charge in [-0.05, 0) is 38.7 Å². The maximum Gasteiger partial charge on any atom is 0.0731 e. The first-order valence-electron chi connectivity index (χ1n) is 11.6. The predicted octanol–water partition coefficient (Wildman–Crippen LogP) is 3.78. The molecule has 31 heavy (non-hydrogen) atoms. The Morgan fingerprint density at radius 2 is 1.90 bits per heavy atom. The van der Waals surface area contributed by atoms with Crippen LogP contribution in [0.15, 0.2) is 30.3 Å². The second-order valence-corrected chi connectivity index (χ2v) is 9.10. The highest BCUT2D eigenvalue weighted by Gasteiger charge is 2.40. The number of ether oxygens (including phenoxy) is 3. The fourth-order valence-corrected chi connectivity index (χ4v) is 4.90. The molecule has 1 aromatic heterocycles. The van der Waals surface area contributed by atoms with Crippen LogP contribution < -0.4 is 0 Å². The quantitative estimate of drug-likeness (QED) is 0.600. The summed E-state index contributed by atoms with van der Waals surface area (Å²) >= 11 is 0. The standard InChI is InChI=1S/C25H37N3O3/c1-20-24(21(2)27(3)26-20)18-28-12-10-25(11-13-28)17-23(9-14-31-25)30-16-15-29-19-22-7-5-4-6-8-22/h4-8,23H,9-19H2,1-3H3. The third-order valence-corrected chi connectivity index (χ3v) is 6.95.